The Hall–Kier alpha value is -3.54. The van der Waals surface area contributed by atoms with Crippen LogP contribution >= 0.6 is 0 Å². The van der Waals surface area contributed by atoms with Crippen LogP contribution < -0.4 is 14.9 Å². The topological polar surface area (TPSA) is 64.9 Å². The molecule has 0 bridgehead atoms. The maximum atomic E-state index is 12.4. The van der Waals surface area contributed by atoms with Gasteiger partial charge >= 0.3 is 0 Å². The number of rotatable bonds is 7. The summed E-state index contributed by atoms with van der Waals surface area (Å²) in [5.74, 6) is 0.673. The van der Waals surface area contributed by atoms with E-state index in [0.29, 0.717) is 23.6 Å². The zero-order valence-electron chi connectivity index (χ0n) is 15.3. The number of nitrogens with zero attached hydrogens (tertiary/aromatic N) is 2. The predicted molar refractivity (Wildman–Crippen MR) is 107 cm³/mol. The molecule has 1 amide bonds. The highest BCUT2D eigenvalue weighted by atomic mass is 16.5. The van der Waals surface area contributed by atoms with Crippen molar-refractivity contribution in [3.05, 3.63) is 72.4 Å². The highest BCUT2D eigenvalue weighted by Crippen LogP contribution is 2.24. The molecule has 0 atom stereocenters. The molecule has 138 valence electrons. The van der Waals surface area contributed by atoms with Gasteiger partial charge in [0.25, 0.3) is 5.91 Å². The average molecular weight is 363 g/mol. The highest BCUT2D eigenvalue weighted by molar-refractivity contribution is 6.01. The number of carbonyl (C=O) groups excluding carboxylic acids is 1. The molecule has 3 aromatic rings. The molecule has 0 saturated heterocycles. The normalized spacial score (nSPS) is 10.9. The number of fused-ring (bicyclic) bond motifs is 1. The molecule has 0 spiro atoms. The lowest BCUT2D eigenvalue weighted by molar-refractivity contribution is 0.0952. The number of hydrogen-bond acceptors (Lipinski definition) is 4. The molecular formula is C21H21N3O3. The Balaban J connectivity index is 1.81. The number of benzene rings is 2. The van der Waals surface area contributed by atoms with Gasteiger partial charge in [0.1, 0.15) is 11.5 Å². The van der Waals surface area contributed by atoms with Crippen LogP contribution in [0.4, 0.5) is 0 Å². The van der Waals surface area contributed by atoms with Gasteiger partial charge in [-0.1, -0.05) is 24.3 Å². The number of hydrogen-bond donors (Lipinski definition) is 1. The van der Waals surface area contributed by atoms with Gasteiger partial charge in [-0.25, -0.2) is 5.43 Å². The smallest absolute Gasteiger partial charge is 0.275 e. The predicted octanol–water partition coefficient (Wildman–Crippen LogP) is 3.61. The monoisotopic (exact) mass is 363 g/mol. The highest BCUT2D eigenvalue weighted by Gasteiger charge is 2.13. The third-order valence-electron chi connectivity index (χ3n) is 4.17. The summed E-state index contributed by atoms with van der Waals surface area (Å²) in [7, 11) is 3.06. The van der Waals surface area contributed by atoms with E-state index in [4.69, 9.17) is 9.47 Å². The van der Waals surface area contributed by atoms with Crippen LogP contribution in [0.3, 0.4) is 0 Å². The van der Waals surface area contributed by atoms with Crippen molar-refractivity contribution in [1.82, 2.24) is 9.99 Å². The van der Waals surface area contributed by atoms with E-state index < -0.39 is 0 Å². The molecular weight excluding hydrogens is 342 g/mol. The van der Waals surface area contributed by atoms with Crippen molar-refractivity contribution in [2.24, 2.45) is 5.10 Å². The minimum Gasteiger partial charge on any atom is -0.497 e. The summed E-state index contributed by atoms with van der Waals surface area (Å²) in [6, 6.07) is 13.0. The first kappa shape index (κ1) is 18.3. The number of hydrazone groups is 1. The van der Waals surface area contributed by atoms with Crippen molar-refractivity contribution in [2.45, 2.75) is 6.54 Å². The summed E-state index contributed by atoms with van der Waals surface area (Å²) in [5.41, 5.74) is 4.92. The maximum Gasteiger partial charge on any atom is 0.275 e. The molecule has 0 fully saturated rings. The molecule has 2 aromatic carbocycles. The molecule has 1 heterocycles. The Kier molecular flexibility index (Phi) is 5.56. The lowest BCUT2D eigenvalue weighted by Gasteiger charge is -2.08. The minimum absolute atomic E-state index is 0.361. The molecule has 0 aliphatic carbocycles. The van der Waals surface area contributed by atoms with E-state index in [1.807, 2.05) is 36.5 Å². The zero-order valence-corrected chi connectivity index (χ0v) is 15.3. The van der Waals surface area contributed by atoms with Gasteiger partial charge in [-0.05, 0) is 18.2 Å². The van der Waals surface area contributed by atoms with Crippen molar-refractivity contribution in [3.8, 4) is 11.5 Å². The van der Waals surface area contributed by atoms with E-state index in [2.05, 4.69) is 21.7 Å². The first-order valence-corrected chi connectivity index (χ1v) is 8.42. The van der Waals surface area contributed by atoms with Crippen LogP contribution in [-0.2, 0) is 6.54 Å². The van der Waals surface area contributed by atoms with Crippen LogP contribution in [0.15, 0.2) is 66.4 Å². The number of ether oxygens (including phenoxy) is 2. The molecule has 3 rings (SSSR count). The SMILES string of the molecule is C=CCn1cc(C=NNC(=O)c2ccc(OC)cc2OC)c2ccccc21. The fraction of sp³-hybridized carbons (Fsp3) is 0.143. The van der Waals surface area contributed by atoms with Crippen LogP contribution in [0.1, 0.15) is 15.9 Å². The Morgan fingerprint density at radius 3 is 2.78 bits per heavy atom. The minimum atomic E-state index is -0.361. The fourth-order valence-corrected chi connectivity index (χ4v) is 2.87. The van der Waals surface area contributed by atoms with Crippen molar-refractivity contribution >= 4 is 23.0 Å². The molecule has 1 N–H and O–H groups in total. The molecule has 6 heteroatoms. The van der Waals surface area contributed by atoms with Crippen LogP contribution in [0.5, 0.6) is 11.5 Å². The van der Waals surface area contributed by atoms with Crippen molar-refractivity contribution < 1.29 is 14.3 Å². The summed E-state index contributed by atoms with van der Waals surface area (Å²) in [5, 5.41) is 5.16. The number of amides is 1. The fourth-order valence-electron chi connectivity index (χ4n) is 2.87. The second-order valence-corrected chi connectivity index (χ2v) is 5.81. The van der Waals surface area contributed by atoms with E-state index >= 15 is 0 Å². The Labute approximate surface area is 157 Å². The lowest BCUT2D eigenvalue weighted by Crippen LogP contribution is -2.18. The van der Waals surface area contributed by atoms with Crippen LogP contribution in [0, 0.1) is 0 Å². The van der Waals surface area contributed by atoms with Crippen LogP contribution in [-0.4, -0.2) is 30.9 Å². The summed E-state index contributed by atoms with van der Waals surface area (Å²) in [4.78, 5) is 12.4. The van der Waals surface area contributed by atoms with Gasteiger partial charge < -0.3 is 14.0 Å². The van der Waals surface area contributed by atoms with Gasteiger partial charge in [0, 0.05) is 35.3 Å². The number of nitrogens with one attached hydrogen (secondary N) is 1. The van der Waals surface area contributed by atoms with Gasteiger partial charge in [0.15, 0.2) is 0 Å². The quantitative estimate of drug-likeness (QED) is 0.396. The Bertz CT molecular complexity index is 1010. The molecule has 1 aromatic heterocycles. The number of para-hydroxylation sites is 1. The van der Waals surface area contributed by atoms with Gasteiger partial charge in [0.05, 0.1) is 26.0 Å². The van der Waals surface area contributed by atoms with E-state index in [1.54, 1.807) is 31.5 Å². The summed E-state index contributed by atoms with van der Waals surface area (Å²) in [6.07, 6.45) is 5.46. The third kappa shape index (κ3) is 3.84. The molecule has 0 aliphatic heterocycles. The van der Waals surface area contributed by atoms with Crippen LogP contribution in [0.2, 0.25) is 0 Å². The first-order valence-electron chi connectivity index (χ1n) is 8.42. The lowest BCUT2D eigenvalue weighted by atomic mass is 10.2. The summed E-state index contributed by atoms with van der Waals surface area (Å²) in [6.45, 7) is 4.49. The van der Waals surface area contributed by atoms with Gasteiger partial charge in [-0.3, -0.25) is 4.79 Å². The maximum absolute atomic E-state index is 12.4. The van der Waals surface area contributed by atoms with E-state index in [-0.39, 0.29) is 5.91 Å². The number of allylic oxidation sites excluding steroid dienone is 1. The summed E-state index contributed by atoms with van der Waals surface area (Å²) < 4.78 is 12.5. The molecule has 0 saturated carbocycles. The summed E-state index contributed by atoms with van der Waals surface area (Å²) >= 11 is 0. The van der Waals surface area contributed by atoms with Gasteiger partial charge in [-0.15, -0.1) is 6.58 Å². The van der Waals surface area contributed by atoms with E-state index in [1.165, 1.54) is 7.11 Å². The Morgan fingerprint density at radius 2 is 2.04 bits per heavy atom. The van der Waals surface area contributed by atoms with Crippen molar-refractivity contribution in [3.63, 3.8) is 0 Å². The second kappa shape index (κ2) is 8.23. The number of carbonyl (C=O) groups is 1. The van der Waals surface area contributed by atoms with Gasteiger partial charge in [-0.2, -0.15) is 5.10 Å². The Morgan fingerprint density at radius 1 is 1.22 bits per heavy atom. The largest absolute Gasteiger partial charge is 0.497 e. The van der Waals surface area contributed by atoms with Crippen molar-refractivity contribution in [2.75, 3.05) is 14.2 Å². The zero-order chi connectivity index (χ0) is 19.2. The molecule has 6 nitrogen and oxygen atoms in total. The van der Waals surface area contributed by atoms with E-state index in [0.717, 1.165) is 16.5 Å². The standard InChI is InChI=1S/C21H21N3O3/c1-4-11-24-14-15(17-7-5-6-8-19(17)24)13-22-23-21(25)18-10-9-16(26-2)12-20(18)27-3/h4-10,12-14H,1,11H2,2-3H3,(H,23,25). The molecule has 0 unspecified atom stereocenters. The van der Waals surface area contributed by atoms with Crippen molar-refractivity contribution in [1.29, 1.82) is 0 Å². The van der Waals surface area contributed by atoms with E-state index in [9.17, 15) is 4.79 Å². The number of methoxy groups -OCH3 is 2. The second-order valence-electron chi connectivity index (χ2n) is 5.81. The van der Waals surface area contributed by atoms with Crippen LogP contribution in [0.25, 0.3) is 10.9 Å². The molecule has 27 heavy (non-hydrogen) atoms. The number of aromatic nitrogens is 1. The first-order chi connectivity index (χ1) is 13.2. The molecule has 0 aliphatic rings. The third-order valence-corrected chi connectivity index (χ3v) is 4.17. The molecule has 0 radical (unpaired) electrons. The average Bonchev–Trinajstić information content (AvgIpc) is 3.05. The van der Waals surface area contributed by atoms with Gasteiger partial charge in [0.2, 0.25) is 0 Å².